The van der Waals surface area contributed by atoms with Crippen molar-refractivity contribution in [2.45, 2.75) is 39.7 Å². The third-order valence-electron chi connectivity index (χ3n) is 6.75. The van der Waals surface area contributed by atoms with Crippen LogP contribution in [0.4, 0.5) is 5.82 Å². The fourth-order valence-electron chi connectivity index (χ4n) is 4.56. The number of hydrogen-bond donors (Lipinski definition) is 1. The van der Waals surface area contributed by atoms with E-state index in [-0.39, 0.29) is 5.69 Å². The highest BCUT2D eigenvalue weighted by molar-refractivity contribution is 6.04. The van der Waals surface area contributed by atoms with Crippen molar-refractivity contribution in [3.63, 3.8) is 0 Å². The minimum absolute atomic E-state index is 0.195. The summed E-state index contributed by atoms with van der Waals surface area (Å²) in [5.74, 6) is 1.38. The van der Waals surface area contributed by atoms with Crippen LogP contribution in [-0.4, -0.2) is 47.6 Å². The number of aromatic amines is 1. The van der Waals surface area contributed by atoms with Crippen LogP contribution < -0.4 is 5.69 Å². The Morgan fingerprint density at radius 3 is 2.13 bits per heavy atom. The third-order valence-corrected chi connectivity index (χ3v) is 6.75. The highest BCUT2D eigenvalue weighted by Gasteiger charge is 2.15. The number of likely N-dealkylation sites (N-methyl/N-ethyl adjacent to an activating group) is 1. The predicted octanol–water partition coefficient (Wildman–Crippen LogP) is 6.21. The van der Waals surface area contributed by atoms with E-state index in [4.69, 9.17) is 4.99 Å². The number of rotatable bonds is 9. The smallest absolute Gasteiger partial charge is 0.309 e. The summed E-state index contributed by atoms with van der Waals surface area (Å²) in [5, 5.41) is 0. The first-order valence-corrected chi connectivity index (χ1v) is 13.0. The van der Waals surface area contributed by atoms with Gasteiger partial charge in [-0.3, -0.25) is 4.57 Å². The van der Waals surface area contributed by atoms with Crippen LogP contribution in [-0.2, 0) is 13.0 Å². The lowest BCUT2D eigenvalue weighted by Gasteiger charge is -2.13. The van der Waals surface area contributed by atoms with Crippen molar-refractivity contribution in [1.29, 1.82) is 0 Å². The molecule has 0 amide bonds. The van der Waals surface area contributed by atoms with Gasteiger partial charge in [-0.2, -0.15) is 0 Å². The van der Waals surface area contributed by atoms with Crippen LogP contribution in [0.5, 0.6) is 0 Å². The van der Waals surface area contributed by atoms with Gasteiger partial charge in [0, 0.05) is 12.1 Å². The molecule has 0 aliphatic carbocycles. The molecule has 0 spiro atoms. The summed E-state index contributed by atoms with van der Waals surface area (Å²) in [4.78, 5) is 27.0. The number of nitrogens with one attached hydrogen (secondary N) is 1. The monoisotopic (exact) mass is 507 g/mol. The summed E-state index contributed by atoms with van der Waals surface area (Å²) in [6.45, 7) is 11.3. The Labute approximate surface area is 225 Å². The van der Waals surface area contributed by atoms with E-state index in [1.807, 2.05) is 25.1 Å². The zero-order valence-electron chi connectivity index (χ0n) is 23.0. The van der Waals surface area contributed by atoms with Crippen LogP contribution in [0.1, 0.15) is 47.7 Å². The summed E-state index contributed by atoms with van der Waals surface area (Å²) in [6.07, 6.45) is 1.04. The maximum absolute atomic E-state index is 12.9. The molecule has 1 N–H and O–H groups in total. The molecule has 0 unspecified atom stereocenters. The van der Waals surface area contributed by atoms with Crippen LogP contribution in [0, 0.1) is 6.92 Å². The highest BCUT2D eigenvalue weighted by atomic mass is 16.1. The molecule has 3 aromatic carbocycles. The molecule has 196 valence electrons. The van der Waals surface area contributed by atoms with Crippen LogP contribution in [0.25, 0.3) is 11.1 Å². The molecule has 4 aromatic rings. The Balaban J connectivity index is 1.59. The fourth-order valence-corrected chi connectivity index (χ4v) is 4.56. The quantitative estimate of drug-likeness (QED) is 0.216. The summed E-state index contributed by atoms with van der Waals surface area (Å²) in [5.41, 5.74) is 7.24. The van der Waals surface area contributed by atoms with Gasteiger partial charge in [0.25, 0.3) is 0 Å². The molecule has 0 atom stereocenters. The van der Waals surface area contributed by atoms with Crippen molar-refractivity contribution in [3.05, 3.63) is 111 Å². The number of aromatic nitrogens is 2. The molecule has 1 heterocycles. The lowest BCUT2D eigenvalue weighted by atomic mass is 9.96. The van der Waals surface area contributed by atoms with Crippen LogP contribution in [0.3, 0.4) is 0 Å². The van der Waals surface area contributed by atoms with Gasteiger partial charge < -0.3 is 9.88 Å². The average Bonchev–Trinajstić information content (AvgIpc) is 3.18. The molecule has 1 aromatic heterocycles. The van der Waals surface area contributed by atoms with Gasteiger partial charge in [-0.05, 0) is 67.9 Å². The second-order valence-electron chi connectivity index (χ2n) is 10.2. The first kappa shape index (κ1) is 27.0. The van der Waals surface area contributed by atoms with Gasteiger partial charge in [0.2, 0.25) is 0 Å². The van der Waals surface area contributed by atoms with E-state index in [1.54, 1.807) is 4.57 Å². The number of aliphatic imine (C=N–C) groups is 2. The zero-order chi connectivity index (χ0) is 27.2. The number of hydrogen-bond acceptors (Lipinski definition) is 3. The van der Waals surface area contributed by atoms with E-state index in [1.165, 1.54) is 11.1 Å². The predicted molar refractivity (Wildman–Crippen MR) is 159 cm³/mol. The second-order valence-corrected chi connectivity index (χ2v) is 10.2. The van der Waals surface area contributed by atoms with Crippen molar-refractivity contribution < 1.29 is 0 Å². The van der Waals surface area contributed by atoms with Crippen molar-refractivity contribution in [2.24, 2.45) is 9.98 Å². The summed E-state index contributed by atoms with van der Waals surface area (Å²) in [6, 6.07) is 25.1. The number of imidazole rings is 1. The molecule has 0 saturated carbocycles. The van der Waals surface area contributed by atoms with Crippen molar-refractivity contribution in [3.8, 4) is 11.1 Å². The van der Waals surface area contributed by atoms with Crippen LogP contribution in [0.15, 0.2) is 87.6 Å². The number of benzene rings is 3. The third kappa shape index (κ3) is 6.26. The van der Waals surface area contributed by atoms with E-state index < -0.39 is 0 Å². The maximum Gasteiger partial charge on any atom is 0.327 e. The molecule has 0 aliphatic rings. The number of aryl methyl sites for hydroxylation is 1. The summed E-state index contributed by atoms with van der Waals surface area (Å²) >= 11 is 0. The van der Waals surface area contributed by atoms with Crippen LogP contribution >= 0.6 is 0 Å². The van der Waals surface area contributed by atoms with Gasteiger partial charge in [-0.15, -0.1) is 0 Å². The Hall–Kier alpha value is -4.03. The minimum Gasteiger partial charge on any atom is -0.309 e. The van der Waals surface area contributed by atoms with E-state index in [9.17, 15) is 4.79 Å². The molecule has 0 fully saturated rings. The molecule has 0 radical (unpaired) electrons. The molecule has 4 rings (SSSR count). The topological polar surface area (TPSA) is 65.8 Å². The number of nitrogens with zero attached hydrogens (tertiary/aromatic N) is 4. The lowest BCUT2D eigenvalue weighted by molar-refractivity contribution is 0.413. The fraction of sp³-hybridized carbons (Fsp3) is 0.281. The van der Waals surface area contributed by atoms with Crippen LogP contribution in [0.2, 0.25) is 0 Å². The molecule has 38 heavy (non-hydrogen) atoms. The van der Waals surface area contributed by atoms with Crippen molar-refractivity contribution >= 4 is 18.4 Å². The molecule has 0 aliphatic heterocycles. The Morgan fingerprint density at radius 1 is 0.947 bits per heavy atom. The van der Waals surface area contributed by atoms with Gasteiger partial charge in [0.1, 0.15) is 0 Å². The second kappa shape index (κ2) is 12.0. The Morgan fingerprint density at radius 2 is 1.55 bits per heavy atom. The summed E-state index contributed by atoms with van der Waals surface area (Å²) < 4.78 is 1.66. The first-order valence-electron chi connectivity index (χ1n) is 13.0. The van der Waals surface area contributed by atoms with Gasteiger partial charge in [0.05, 0.1) is 12.2 Å². The Kier molecular flexibility index (Phi) is 8.54. The summed E-state index contributed by atoms with van der Waals surface area (Å²) in [7, 11) is 4.19. The minimum atomic E-state index is -0.195. The van der Waals surface area contributed by atoms with Crippen molar-refractivity contribution in [2.75, 3.05) is 20.6 Å². The SMILES string of the molecule is C=N/C(=N\c1c(C)[nH]c(=O)n1Cc1ccc(-c2ccc(CCN(C)C)cc2)cc1)c1ccccc1C(C)C. The van der Waals surface area contributed by atoms with Gasteiger partial charge in [-0.25, -0.2) is 14.8 Å². The van der Waals surface area contributed by atoms with Gasteiger partial charge in [-0.1, -0.05) is 86.6 Å². The molecule has 6 heteroatoms. The largest absolute Gasteiger partial charge is 0.327 e. The molecule has 0 bridgehead atoms. The zero-order valence-corrected chi connectivity index (χ0v) is 23.0. The van der Waals surface area contributed by atoms with E-state index in [0.29, 0.717) is 29.8 Å². The average molecular weight is 508 g/mol. The molecular formula is C32H37N5O. The van der Waals surface area contributed by atoms with E-state index >= 15 is 0 Å². The molecule has 6 nitrogen and oxygen atoms in total. The van der Waals surface area contributed by atoms with E-state index in [2.05, 4.69) is 104 Å². The van der Waals surface area contributed by atoms with Gasteiger partial charge >= 0.3 is 5.69 Å². The van der Waals surface area contributed by atoms with E-state index in [0.717, 1.165) is 35.2 Å². The highest BCUT2D eigenvalue weighted by Crippen LogP contribution is 2.25. The van der Waals surface area contributed by atoms with Gasteiger partial charge in [0.15, 0.2) is 11.7 Å². The standard InChI is InChI=1S/C32H37N5O/c1-22(2)28-9-7-8-10-29(28)30(33-4)35-31-23(3)34-32(38)37(31)21-25-13-17-27(18-14-25)26-15-11-24(12-16-26)19-20-36(5)6/h7-18,22H,4,19-21H2,1-3,5-6H3,(H,34,38)/b35-30-. The number of amidine groups is 1. The first-order chi connectivity index (χ1) is 18.3. The Bertz CT molecular complexity index is 1470. The molecule has 0 saturated heterocycles. The normalized spacial score (nSPS) is 11.9. The van der Waals surface area contributed by atoms with Crippen molar-refractivity contribution in [1.82, 2.24) is 14.5 Å². The molecular weight excluding hydrogens is 470 g/mol. The lowest BCUT2D eigenvalue weighted by Crippen LogP contribution is -2.17. The maximum atomic E-state index is 12.9. The number of H-pyrrole nitrogens is 1.